The molecule has 7 heteroatoms. The topological polar surface area (TPSA) is 107 Å². The summed E-state index contributed by atoms with van der Waals surface area (Å²) in [4.78, 5) is 26.1. The van der Waals surface area contributed by atoms with Crippen molar-refractivity contribution in [3.8, 4) is 23.0 Å². The van der Waals surface area contributed by atoms with Gasteiger partial charge in [-0.25, -0.2) is 0 Å². The van der Waals surface area contributed by atoms with E-state index in [-0.39, 0.29) is 48.4 Å². The second kappa shape index (κ2) is 7.57. The van der Waals surface area contributed by atoms with E-state index in [9.17, 15) is 24.9 Å². The zero-order chi connectivity index (χ0) is 19.6. The SMILES string of the molecule is COc1cc(CCN2C(=O)CC(Cc3ccc(O)cc3O)C2=O)ccc1O. The zero-order valence-corrected chi connectivity index (χ0v) is 14.9. The van der Waals surface area contributed by atoms with Crippen LogP contribution in [0.15, 0.2) is 36.4 Å². The first kappa shape index (κ1) is 18.6. The Bertz CT molecular complexity index is 879. The standard InChI is InChI=1S/C20H21NO6/c1-27-18-8-12(2-5-16(18)23)6-7-21-19(25)10-14(20(21)26)9-13-3-4-15(22)11-17(13)24/h2-5,8,11,14,22-24H,6-7,9-10H2,1H3. The number of amides is 2. The van der Waals surface area contributed by atoms with E-state index in [2.05, 4.69) is 0 Å². The third kappa shape index (κ3) is 3.97. The number of carbonyl (C=O) groups excluding carboxylic acids is 2. The third-order valence-electron chi connectivity index (χ3n) is 4.74. The lowest BCUT2D eigenvalue weighted by Gasteiger charge is -2.16. The Labute approximate surface area is 156 Å². The molecule has 1 aliphatic heterocycles. The zero-order valence-electron chi connectivity index (χ0n) is 14.9. The van der Waals surface area contributed by atoms with Crippen LogP contribution in [0.25, 0.3) is 0 Å². The maximum absolute atomic E-state index is 12.6. The van der Waals surface area contributed by atoms with Crippen molar-refractivity contribution in [1.82, 2.24) is 4.90 Å². The lowest BCUT2D eigenvalue weighted by molar-refractivity contribution is -0.139. The fourth-order valence-corrected chi connectivity index (χ4v) is 3.25. The number of ether oxygens (including phenoxy) is 1. The van der Waals surface area contributed by atoms with Crippen molar-refractivity contribution in [2.75, 3.05) is 13.7 Å². The molecule has 0 radical (unpaired) electrons. The van der Waals surface area contributed by atoms with Crippen LogP contribution in [-0.4, -0.2) is 45.7 Å². The van der Waals surface area contributed by atoms with Gasteiger partial charge in [-0.15, -0.1) is 0 Å². The second-order valence-corrected chi connectivity index (χ2v) is 6.56. The van der Waals surface area contributed by atoms with Crippen molar-refractivity contribution in [2.45, 2.75) is 19.3 Å². The van der Waals surface area contributed by atoms with E-state index in [1.54, 1.807) is 18.2 Å². The first-order valence-electron chi connectivity index (χ1n) is 8.60. The van der Waals surface area contributed by atoms with Gasteiger partial charge in [0.05, 0.1) is 13.0 Å². The predicted octanol–water partition coefficient (Wildman–Crippen LogP) is 1.97. The summed E-state index contributed by atoms with van der Waals surface area (Å²) < 4.78 is 5.06. The molecule has 1 saturated heterocycles. The van der Waals surface area contributed by atoms with Gasteiger partial charge < -0.3 is 20.1 Å². The van der Waals surface area contributed by atoms with Gasteiger partial charge in [0.2, 0.25) is 11.8 Å². The predicted molar refractivity (Wildman–Crippen MR) is 96.7 cm³/mol. The van der Waals surface area contributed by atoms with Crippen molar-refractivity contribution in [3.63, 3.8) is 0 Å². The molecular formula is C20H21NO6. The highest BCUT2D eigenvalue weighted by molar-refractivity contribution is 6.03. The van der Waals surface area contributed by atoms with Crippen molar-refractivity contribution in [2.24, 2.45) is 5.92 Å². The fourth-order valence-electron chi connectivity index (χ4n) is 3.25. The first-order valence-corrected chi connectivity index (χ1v) is 8.60. The monoisotopic (exact) mass is 371 g/mol. The third-order valence-corrected chi connectivity index (χ3v) is 4.74. The Balaban J connectivity index is 1.65. The van der Waals surface area contributed by atoms with Gasteiger partial charge in [-0.05, 0) is 42.2 Å². The van der Waals surface area contributed by atoms with Crippen LogP contribution in [-0.2, 0) is 22.4 Å². The molecule has 142 valence electrons. The largest absolute Gasteiger partial charge is 0.508 e. The second-order valence-electron chi connectivity index (χ2n) is 6.56. The maximum atomic E-state index is 12.6. The van der Waals surface area contributed by atoms with Crippen molar-refractivity contribution >= 4 is 11.8 Å². The molecule has 2 aromatic carbocycles. The van der Waals surface area contributed by atoms with Crippen LogP contribution >= 0.6 is 0 Å². The van der Waals surface area contributed by atoms with E-state index in [0.29, 0.717) is 17.7 Å². The number of benzene rings is 2. The summed E-state index contributed by atoms with van der Waals surface area (Å²) in [7, 11) is 1.45. The fraction of sp³-hybridized carbons (Fsp3) is 0.300. The number of hydrogen-bond donors (Lipinski definition) is 3. The van der Waals surface area contributed by atoms with Crippen LogP contribution in [0.2, 0.25) is 0 Å². The summed E-state index contributed by atoms with van der Waals surface area (Å²) in [5.74, 6) is -0.814. The molecule has 0 bridgehead atoms. The minimum absolute atomic E-state index is 0.0309. The number of aromatic hydroxyl groups is 3. The molecule has 2 amide bonds. The number of hydrogen-bond acceptors (Lipinski definition) is 6. The van der Waals surface area contributed by atoms with E-state index in [1.807, 2.05) is 0 Å². The minimum atomic E-state index is -0.526. The molecule has 1 unspecified atom stereocenters. The van der Waals surface area contributed by atoms with Gasteiger partial charge in [-0.1, -0.05) is 12.1 Å². The Morgan fingerprint density at radius 3 is 2.56 bits per heavy atom. The summed E-state index contributed by atoms with van der Waals surface area (Å²) >= 11 is 0. The van der Waals surface area contributed by atoms with Crippen LogP contribution in [0.3, 0.4) is 0 Å². The number of phenolic OH excluding ortho intramolecular Hbond substituents is 3. The van der Waals surface area contributed by atoms with E-state index in [0.717, 1.165) is 5.56 Å². The molecule has 0 aliphatic carbocycles. The average Bonchev–Trinajstić information content (AvgIpc) is 2.90. The molecule has 2 aromatic rings. The Morgan fingerprint density at radius 1 is 1.07 bits per heavy atom. The van der Waals surface area contributed by atoms with Crippen LogP contribution in [0.1, 0.15) is 17.5 Å². The van der Waals surface area contributed by atoms with E-state index in [1.165, 1.54) is 30.2 Å². The number of carbonyl (C=O) groups is 2. The van der Waals surface area contributed by atoms with Crippen LogP contribution in [0.5, 0.6) is 23.0 Å². The van der Waals surface area contributed by atoms with Gasteiger partial charge in [0.1, 0.15) is 11.5 Å². The lowest BCUT2D eigenvalue weighted by atomic mass is 9.97. The summed E-state index contributed by atoms with van der Waals surface area (Å²) in [5.41, 5.74) is 1.36. The smallest absolute Gasteiger partial charge is 0.233 e. The molecule has 0 saturated carbocycles. The molecule has 27 heavy (non-hydrogen) atoms. The van der Waals surface area contributed by atoms with Gasteiger partial charge in [-0.3, -0.25) is 14.5 Å². The molecular weight excluding hydrogens is 350 g/mol. The molecule has 1 atom stereocenters. The van der Waals surface area contributed by atoms with Crippen molar-refractivity contribution in [1.29, 1.82) is 0 Å². The highest BCUT2D eigenvalue weighted by Gasteiger charge is 2.38. The van der Waals surface area contributed by atoms with Crippen LogP contribution < -0.4 is 4.74 Å². The number of methoxy groups -OCH3 is 1. The average molecular weight is 371 g/mol. The molecule has 7 nitrogen and oxygen atoms in total. The number of phenols is 3. The van der Waals surface area contributed by atoms with Gasteiger partial charge in [0.25, 0.3) is 0 Å². The molecule has 0 aromatic heterocycles. The molecule has 0 spiro atoms. The lowest BCUT2D eigenvalue weighted by Crippen LogP contribution is -2.33. The highest BCUT2D eigenvalue weighted by atomic mass is 16.5. The number of nitrogens with zero attached hydrogens (tertiary/aromatic N) is 1. The van der Waals surface area contributed by atoms with Gasteiger partial charge in [0.15, 0.2) is 11.5 Å². The molecule has 1 heterocycles. The maximum Gasteiger partial charge on any atom is 0.233 e. The quantitative estimate of drug-likeness (QED) is 0.670. The molecule has 3 N–H and O–H groups in total. The molecule has 3 rings (SSSR count). The van der Waals surface area contributed by atoms with Crippen LogP contribution in [0, 0.1) is 5.92 Å². The first-order chi connectivity index (χ1) is 12.9. The van der Waals surface area contributed by atoms with E-state index in [4.69, 9.17) is 4.74 Å². The van der Waals surface area contributed by atoms with Gasteiger partial charge in [0, 0.05) is 19.0 Å². The summed E-state index contributed by atoms with van der Waals surface area (Å²) in [6.45, 7) is 0.240. The van der Waals surface area contributed by atoms with Gasteiger partial charge in [-0.2, -0.15) is 0 Å². The Hall–Kier alpha value is -3.22. The van der Waals surface area contributed by atoms with Crippen molar-refractivity contribution < 1.29 is 29.6 Å². The van der Waals surface area contributed by atoms with E-state index >= 15 is 0 Å². The summed E-state index contributed by atoms with van der Waals surface area (Å²) in [6.07, 6.45) is 0.781. The van der Waals surface area contributed by atoms with Crippen molar-refractivity contribution in [3.05, 3.63) is 47.5 Å². The van der Waals surface area contributed by atoms with Gasteiger partial charge >= 0.3 is 0 Å². The normalized spacial score (nSPS) is 16.8. The summed E-state index contributed by atoms with van der Waals surface area (Å²) in [5, 5.41) is 28.9. The summed E-state index contributed by atoms with van der Waals surface area (Å²) in [6, 6.07) is 9.10. The van der Waals surface area contributed by atoms with Crippen LogP contribution in [0.4, 0.5) is 0 Å². The highest BCUT2D eigenvalue weighted by Crippen LogP contribution is 2.30. The Kier molecular flexibility index (Phi) is 5.21. The molecule has 1 fully saturated rings. The Morgan fingerprint density at radius 2 is 1.85 bits per heavy atom. The number of rotatable bonds is 6. The number of likely N-dealkylation sites (tertiary alicyclic amines) is 1. The number of imide groups is 1. The molecule has 1 aliphatic rings. The van der Waals surface area contributed by atoms with E-state index < -0.39 is 5.92 Å². The minimum Gasteiger partial charge on any atom is -0.508 e.